The van der Waals surface area contributed by atoms with Gasteiger partial charge in [0.15, 0.2) is 5.58 Å². The molecule has 0 bridgehead atoms. The van der Waals surface area contributed by atoms with Crippen molar-refractivity contribution in [2.24, 2.45) is 0 Å². The van der Waals surface area contributed by atoms with Gasteiger partial charge in [0, 0.05) is 55.1 Å². The molecule has 0 radical (unpaired) electrons. The molecular weight excluding hydrogens is 438 g/mol. The van der Waals surface area contributed by atoms with Gasteiger partial charge in [-0.05, 0) is 54.4 Å². The van der Waals surface area contributed by atoms with Gasteiger partial charge < -0.3 is 15.1 Å². The molecule has 0 aliphatic carbocycles. The zero-order valence-electron chi connectivity index (χ0n) is 18.7. The molecule has 0 amide bonds. The van der Waals surface area contributed by atoms with E-state index in [9.17, 15) is 13.6 Å². The third kappa shape index (κ3) is 4.42. The van der Waals surface area contributed by atoms with E-state index >= 15 is 0 Å². The molecule has 2 N–H and O–H groups in total. The molecule has 0 saturated carbocycles. The van der Waals surface area contributed by atoms with Crippen molar-refractivity contribution in [2.45, 2.75) is 13.5 Å². The second-order valence-electron chi connectivity index (χ2n) is 8.43. The Bertz CT molecular complexity index is 1340. The van der Waals surface area contributed by atoms with E-state index in [1.807, 2.05) is 17.9 Å². The Hall–Kier alpha value is -3.62. The number of oxazole rings is 1. The lowest BCUT2D eigenvalue weighted by molar-refractivity contribution is 0.112. The van der Waals surface area contributed by atoms with Gasteiger partial charge in [-0.3, -0.25) is 9.69 Å². The molecule has 1 fully saturated rings. The van der Waals surface area contributed by atoms with Crippen LogP contribution in [0.2, 0.25) is 0 Å². The average molecular weight is 463 g/mol. The molecule has 5 rings (SSSR count). The predicted octanol–water partition coefficient (Wildman–Crippen LogP) is 5.04. The van der Waals surface area contributed by atoms with Gasteiger partial charge in [-0.1, -0.05) is 12.1 Å². The monoisotopic (exact) mass is 462 g/mol. The Morgan fingerprint density at radius 2 is 1.88 bits per heavy atom. The van der Waals surface area contributed by atoms with Gasteiger partial charge in [-0.2, -0.15) is 4.98 Å². The number of fused-ring (bicyclic) bond motifs is 1. The minimum Gasteiger partial charge on any atom is -0.423 e. The number of nitrogens with zero attached hydrogens (tertiary/aromatic N) is 2. The molecule has 6 nitrogen and oxygen atoms in total. The third-order valence-corrected chi connectivity index (χ3v) is 6.11. The summed E-state index contributed by atoms with van der Waals surface area (Å²) in [6.07, 6.45) is 0.804. The van der Waals surface area contributed by atoms with Gasteiger partial charge in [0.1, 0.15) is 23.4 Å². The molecule has 0 unspecified atom stereocenters. The van der Waals surface area contributed by atoms with Crippen molar-refractivity contribution >= 4 is 29.1 Å². The number of anilines is 2. The maximum absolute atomic E-state index is 15.0. The zero-order valence-corrected chi connectivity index (χ0v) is 18.7. The lowest BCUT2D eigenvalue weighted by Crippen LogP contribution is -2.43. The topological polar surface area (TPSA) is 70.4 Å². The first-order valence-corrected chi connectivity index (χ1v) is 11.2. The van der Waals surface area contributed by atoms with Crippen LogP contribution in [-0.4, -0.2) is 42.3 Å². The molecule has 4 aromatic rings. The Morgan fingerprint density at radius 3 is 2.59 bits per heavy atom. The van der Waals surface area contributed by atoms with Gasteiger partial charge in [0.2, 0.25) is 0 Å². The maximum atomic E-state index is 15.0. The van der Waals surface area contributed by atoms with Crippen LogP contribution in [0.25, 0.3) is 22.2 Å². The Balaban J connectivity index is 1.45. The number of halogens is 2. The lowest BCUT2D eigenvalue weighted by Gasteiger charge is -2.27. The zero-order chi connectivity index (χ0) is 23.7. The molecule has 3 aromatic carbocycles. The molecule has 34 heavy (non-hydrogen) atoms. The number of aromatic nitrogens is 1. The van der Waals surface area contributed by atoms with Crippen molar-refractivity contribution in [3.63, 3.8) is 0 Å². The Labute approximate surface area is 195 Å². The molecule has 8 heteroatoms. The number of benzene rings is 3. The summed E-state index contributed by atoms with van der Waals surface area (Å²) in [6, 6.07) is 13.6. The fourth-order valence-electron chi connectivity index (χ4n) is 4.24. The fourth-order valence-corrected chi connectivity index (χ4v) is 4.24. The molecule has 1 aromatic heterocycles. The van der Waals surface area contributed by atoms with E-state index in [-0.39, 0.29) is 18.1 Å². The molecule has 0 atom stereocenters. The minimum absolute atomic E-state index is 0.0758. The van der Waals surface area contributed by atoms with Crippen LogP contribution in [0.15, 0.2) is 52.9 Å². The van der Waals surface area contributed by atoms with E-state index < -0.39 is 11.6 Å². The second-order valence-corrected chi connectivity index (χ2v) is 8.43. The number of hydrogen-bond acceptors (Lipinski definition) is 6. The first kappa shape index (κ1) is 22.2. The number of carbonyl (C=O) groups excluding carboxylic acids is 1. The smallest absolute Gasteiger partial charge is 0.300 e. The van der Waals surface area contributed by atoms with Crippen LogP contribution in [0.5, 0.6) is 0 Å². The maximum Gasteiger partial charge on any atom is 0.300 e. The third-order valence-electron chi connectivity index (χ3n) is 6.11. The average Bonchev–Trinajstić information content (AvgIpc) is 3.24. The second kappa shape index (κ2) is 9.32. The lowest BCUT2D eigenvalue weighted by atomic mass is 10.0. The summed E-state index contributed by atoms with van der Waals surface area (Å²) in [5.41, 5.74) is 4.15. The number of hydrogen-bond donors (Lipinski definition) is 2. The SMILES string of the molecule is Cc1cc(Nc2nc3cccc(-c4cc(F)c(CN5CCNCC5)c(F)c4)c3o2)ccc1C=O. The van der Waals surface area contributed by atoms with Gasteiger partial charge in [0.05, 0.1) is 0 Å². The molecule has 1 aliphatic rings. The van der Waals surface area contributed by atoms with Crippen LogP contribution in [-0.2, 0) is 6.54 Å². The van der Waals surface area contributed by atoms with Crippen molar-refractivity contribution in [3.05, 3.63) is 76.9 Å². The van der Waals surface area contributed by atoms with Crippen molar-refractivity contribution in [3.8, 4) is 11.1 Å². The molecule has 1 saturated heterocycles. The molecule has 0 spiro atoms. The molecule has 2 heterocycles. The first-order valence-electron chi connectivity index (χ1n) is 11.2. The number of nitrogens with one attached hydrogen (secondary N) is 2. The summed E-state index contributed by atoms with van der Waals surface area (Å²) in [5.74, 6) is -1.15. The van der Waals surface area contributed by atoms with Crippen molar-refractivity contribution in [2.75, 3.05) is 31.5 Å². The Morgan fingerprint density at radius 1 is 1.12 bits per heavy atom. The highest BCUT2D eigenvalue weighted by Crippen LogP contribution is 2.33. The largest absolute Gasteiger partial charge is 0.423 e. The summed E-state index contributed by atoms with van der Waals surface area (Å²) in [5, 5.41) is 6.33. The number of aryl methyl sites for hydroxylation is 1. The number of carbonyl (C=O) groups is 1. The van der Waals surface area contributed by atoms with E-state index in [0.717, 1.165) is 38.0 Å². The summed E-state index contributed by atoms with van der Waals surface area (Å²) in [7, 11) is 0. The van der Waals surface area contributed by atoms with Crippen LogP contribution < -0.4 is 10.6 Å². The van der Waals surface area contributed by atoms with E-state index in [1.54, 1.807) is 30.3 Å². The van der Waals surface area contributed by atoms with Gasteiger partial charge in [-0.25, -0.2) is 8.78 Å². The van der Waals surface area contributed by atoms with E-state index in [0.29, 0.717) is 33.5 Å². The van der Waals surface area contributed by atoms with E-state index in [2.05, 4.69) is 15.6 Å². The molecular formula is C26H24F2N4O2. The molecule has 174 valence electrons. The summed E-state index contributed by atoms with van der Waals surface area (Å²) in [4.78, 5) is 17.5. The first-order chi connectivity index (χ1) is 16.5. The van der Waals surface area contributed by atoms with E-state index in [4.69, 9.17) is 4.42 Å². The van der Waals surface area contributed by atoms with Gasteiger partial charge >= 0.3 is 0 Å². The summed E-state index contributed by atoms with van der Waals surface area (Å²) < 4.78 is 35.9. The highest BCUT2D eigenvalue weighted by molar-refractivity contribution is 5.91. The van der Waals surface area contributed by atoms with Crippen LogP contribution >= 0.6 is 0 Å². The summed E-state index contributed by atoms with van der Waals surface area (Å²) in [6.45, 7) is 5.21. The quantitative estimate of drug-likeness (QED) is 0.391. The highest BCUT2D eigenvalue weighted by Gasteiger charge is 2.19. The van der Waals surface area contributed by atoms with Crippen molar-refractivity contribution in [1.82, 2.24) is 15.2 Å². The van der Waals surface area contributed by atoms with Crippen molar-refractivity contribution in [1.29, 1.82) is 0 Å². The Kier molecular flexibility index (Phi) is 6.08. The number of para-hydroxylation sites is 1. The van der Waals surface area contributed by atoms with Gasteiger partial charge in [-0.15, -0.1) is 0 Å². The number of aldehydes is 1. The van der Waals surface area contributed by atoms with Gasteiger partial charge in [0.25, 0.3) is 6.01 Å². The number of piperazine rings is 1. The predicted molar refractivity (Wildman–Crippen MR) is 127 cm³/mol. The highest BCUT2D eigenvalue weighted by atomic mass is 19.1. The standard InChI is InChI=1S/C26H24F2N4O2/c1-16-11-19(6-5-17(16)15-33)30-26-31-24-4-2-3-20(25(24)34-26)18-12-22(27)21(23(28)13-18)14-32-9-7-29-8-10-32/h2-6,11-13,15,29H,7-10,14H2,1H3,(H,30,31). The summed E-state index contributed by atoms with van der Waals surface area (Å²) >= 11 is 0. The molecule has 1 aliphatic heterocycles. The van der Waals surface area contributed by atoms with Crippen LogP contribution in [0, 0.1) is 18.6 Å². The minimum atomic E-state index is -0.575. The van der Waals surface area contributed by atoms with Crippen LogP contribution in [0.3, 0.4) is 0 Å². The fraction of sp³-hybridized carbons (Fsp3) is 0.231. The number of rotatable bonds is 6. The van der Waals surface area contributed by atoms with E-state index in [1.165, 1.54) is 12.1 Å². The normalized spacial score (nSPS) is 14.4. The van der Waals surface area contributed by atoms with Crippen molar-refractivity contribution < 1.29 is 18.0 Å². The van der Waals surface area contributed by atoms with Crippen LogP contribution in [0.1, 0.15) is 21.5 Å². The van der Waals surface area contributed by atoms with Crippen LogP contribution in [0.4, 0.5) is 20.5 Å².